The number of carboxylic acids is 1. The molecule has 1 aliphatic rings. The van der Waals surface area contributed by atoms with E-state index in [1.807, 2.05) is 82.5 Å². The molecule has 0 saturated carbocycles. The summed E-state index contributed by atoms with van der Waals surface area (Å²) >= 11 is 0. The lowest BCUT2D eigenvalue weighted by atomic mass is 9.94. The zero-order valence-corrected chi connectivity index (χ0v) is 22.9. The van der Waals surface area contributed by atoms with Crippen LogP contribution in [0.25, 0.3) is 11.1 Å². The van der Waals surface area contributed by atoms with Crippen LogP contribution < -0.4 is 5.32 Å². The summed E-state index contributed by atoms with van der Waals surface area (Å²) in [7, 11) is 3.94. The maximum Gasteiger partial charge on any atom is 0.305 e. The van der Waals surface area contributed by atoms with Crippen LogP contribution in [0.3, 0.4) is 0 Å². The number of hydrogen-bond donors (Lipinski definition) is 2. The molecule has 0 aliphatic carbocycles. The highest BCUT2D eigenvalue weighted by molar-refractivity contribution is 5.89. The van der Waals surface area contributed by atoms with Gasteiger partial charge in [-0.15, -0.1) is 0 Å². The smallest absolute Gasteiger partial charge is 0.305 e. The molecule has 1 aliphatic heterocycles. The lowest BCUT2D eigenvalue weighted by Crippen LogP contribution is -2.52. The highest BCUT2D eigenvalue weighted by Gasteiger charge is 2.37. The van der Waals surface area contributed by atoms with E-state index in [4.69, 9.17) is 0 Å². The SMILES string of the molecule is Cc1cccc(C)c1-c1cncc([C@H](CC(=O)O)NC(=O)C(c2ccccc2)N2CC(N(C)C)CCC2=O)c1. The van der Waals surface area contributed by atoms with Gasteiger partial charge in [0.1, 0.15) is 6.04 Å². The molecule has 1 aromatic heterocycles. The second-order valence-corrected chi connectivity index (χ2v) is 10.4. The van der Waals surface area contributed by atoms with Gasteiger partial charge in [-0.05, 0) is 68.2 Å². The Bertz CT molecular complexity index is 1320. The van der Waals surface area contributed by atoms with E-state index < -0.39 is 24.0 Å². The monoisotopic (exact) mass is 528 g/mol. The number of amides is 2. The maximum atomic E-state index is 14.0. The van der Waals surface area contributed by atoms with Gasteiger partial charge in [-0.3, -0.25) is 19.4 Å². The van der Waals surface area contributed by atoms with Crippen molar-refractivity contribution < 1.29 is 19.5 Å². The number of benzene rings is 2. The van der Waals surface area contributed by atoms with Gasteiger partial charge < -0.3 is 20.2 Å². The average molecular weight is 529 g/mol. The normalized spacial score (nSPS) is 17.1. The van der Waals surface area contributed by atoms with Crippen molar-refractivity contribution >= 4 is 17.8 Å². The van der Waals surface area contributed by atoms with Gasteiger partial charge in [-0.1, -0.05) is 48.5 Å². The number of aliphatic carboxylic acids is 1. The Morgan fingerprint density at radius 3 is 2.38 bits per heavy atom. The predicted molar refractivity (Wildman–Crippen MR) is 150 cm³/mol. The molecule has 3 aromatic rings. The molecule has 2 heterocycles. The second kappa shape index (κ2) is 12.2. The van der Waals surface area contributed by atoms with Gasteiger partial charge in [-0.2, -0.15) is 0 Å². The van der Waals surface area contributed by atoms with Gasteiger partial charge in [-0.25, -0.2) is 0 Å². The maximum absolute atomic E-state index is 14.0. The van der Waals surface area contributed by atoms with Crippen LogP contribution in [0.1, 0.15) is 53.6 Å². The quantitative estimate of drug-likeness (QED) is 0.430. The number of carboxylic acid groups (broad SMARTS) is 1. The van der Waals surface area contributed by atoms with Gasteiger partial charge in [0.25, 0.3) is 0 Å². The number of nitrogens with one attached hydrogen (secondary N) is 1. The second-order valence-electron chi connectivity index (χ2n) is 10.4. The number of aromatic nitrogens is 1. The van der Waals surface area contributed by atoms with Crippen LogP contribution in [0.4, 0.5) is 0 Å². The highest BCUT2D eigenvalue weighted by Crippen LogP contribution is 2.31. The minimum Gasteiger partial charge on any atom is -0.481 e. The molecule has 2 aromatic carbocycles. The molecule has 2 amide bonds. The van der Waals surface area contributed by atoms with E-state index in [1.54, 1.807) is 17.3 Å². The number of rotatable bonds is 9. The van der Waals surface area contributed by atoms with Gasteiger partial charge in [0.2, 0.25) is 11.8 Å². The molecule has 39 heavy (non-hydrogen) atoms. The molecule has 8 nitrogen and oxygen atoms in total. The van der Waals surface area contributed by atoms with Crippen LogP contribution >= 0.6 is 0 Å². The number of piperidine rings is 1. The first kappa shape index (κ1) is 28.0. The molecule has 2 N–H and O–H groups in total. The number of pyridine rings is 1. The number of carbonyl (C=O) groups excluding carboxylic acids is 2. The molecule has 3 atom stereocenters. The molecule has 0 radical (unpaired) electrons. The average Bonchev–Trinajstić information content (AvgIpc) is 2.90. The van der Waals surface area contributed by atoms with Crippen molar-refractivity contribution in [2.24, 2.45) is 0 Å². The topological polar surface area (TPSA) is 103 Å². The van der Waals surface area contributed by atoms with Crippen molar-refractivity contribution in [3.05, 3.63) is 89.2 Å². The first-order valence-electron chi connectivity index (χ1n) is 13.2. The third-order valence-corrected chi connectivity index (χ3v) is 7.45. The van der Waals surface area contributed by atoms with Crippen LogP contribution in [-0.4, -0.2) is 64.4 Å². The number of likely N-dealkylation sites (N-methyl/N-ethyl adjacent to an activating group) is 1. The molecule has 1 fully saturated rings. The zero-order valence-electron chi connectivity index (χ0n) is 22.9. The number of aryl methyl sites for hydroxylation is 2. The number of likely N-dealkylation sites (tertiary alicyclic amines) is 1. The van der Waals surface area contributed by atoms with E-state index in [2.05, 4.69) is 15.2 Å². The standard InChI is InChI=1S/C31H36N4O4/c1-20-9-8-10-21(2)29(20)24-15-23(17-32-18-24)26(16-28(37)38)33-31(39)30(22-11-6-5-7-12-22)35-19-25(34(3)4)13-14-27(35)36/h5-12,15,17-18,25-26,30H,13-14,16,19H2,1-4H3,(H,33,39)(H,37,38)/t25?,26-,30?/m0/s1. The summed E-state index contributed by atoms with van der Waals surface area (Å²) in [5, 5.41) is 12.7. The first-order chi connectivity index (χ1) is 18.7. The van der Waals surface area contributed by atoms with Crippen LogP contribution in [-0.2, 0) is 14.4 Å². The summed E-state index contributed by atoms with van der Waals surface area (Å²) in [5.41, 5.74) is 5.32. The Hall–Kier alpha value is -4.04. The number of hydrogen-bond acceptors (Lipinski definition) is 5. The predicted octanol–water partition coefficient (Wildman–Crippen LogP) is 4.29. The van der Waals surface area contributed by atoms with Gasteiger partial charge >= 0.3 is 5.97 Å². The van der Waals surface area contributed by atoms with Crippen molar-refractivity contribution in [3.8, 4) is 11.1 Å². The molecule has 0 spiro atoms. The summed E-state index contributed by atoms with van der Waals surface area (Å²) in [6, 6.07) is 15.5. The van der Waals surface area contributed by atoms with E-state index in [0.717, 1.165) is 28.7 Å². The summed E-state index contributed by atoms with van der Waals surface area (Å²) in [5.74, 6) is -1.56. The Labute approximate surface area is 229 Å². The number of nitrogens with zero attached hydrogens (tertiary/aromatic N) is 3. The Morgan fingerprint density at radius 1 is 1.05 bits per heavy atom. The van der Waals surface area contributed by atoms with E-state index in [1.165, 1.54) is 0 Å². The molecule has 8 heteroatoms. The van der Waals surface area contributed by atoms with Crippen molar-refractivity contribution in [1.82, 2.24) is 20.1 Å². The van der Waals surface area contributed by atoms with E-state index in [0.29, 0.717) is 24.1 Å². The van der Waals surface area contributed by atoms with Crippen LogP contribution in [0.15, 0.2) is 67.0 Å². The third kappa shape index (κ3) is 6.52. The first-order valence-corrected chi connectivity index (χ1v) is 13.2. The van der Waals surface area contributed by atoms with Crippen molar-refractivity contribution in [3.63, 3.8) is 0 Å². The lowest BCUT2D eigenvalue weighted by Gasteiger charge is -2.40. The van der Waals surface area contributed by atoms with Crippen LogP contribution in [0, 0.1) is 13.8 Å². The fourth-order valence-corrected chi connectivity index (χ4v) is 5.37. The van der Waals surface area contributed by atoms with E-state index >= 15 is 0 Å². The summed E-state index contributed by atoms with van der Waals surface area (Å²) < 4.78 is 0. The van der Waals surface area contributed by atoms with Gasteiger partial charge in [0, 0.05) is 37.0 Å². The fourth-order valence-electron chi connectivity index (χ4n) is 5.37. The van der Waals surface area contributed by atoms with E-state index in [9.17, 15) is 19.5 Å². The van der Waals surface area contributed by atoms with Crippen molar-refractivity contribution in [2.75, 3.05) is 20.6 Å². The molecular formula is C31H36N4O4. The third-order valence-electron chi connectivity index (χ3n) is 7.45. The Balaban J connectivity index is 1.69. The molecule has 0 bridgehead atoms. The molecule has 204 valence electrons. The Kier molecular flexibility index (Phi) is 8.76. The summed E-state index contributed by atoms with van der Waals surface area (Å²) in [6.07, 6.45) is 4.10. The van der Waals surface area contributed by atoms with Crippen molar-refractivity contribution in [1.29, 1.82) is 0 Å². The highest BCUT2D eigenvalue weighted by atomic mass is 16.4. The molecule has 2 unspecified atom stereocenters. The largest absolute Gasteiger partial charge is 0.481 e. The Morgan fingerprint density at radius 2 is 1.74 bits per heavy atom. The molecular weight excluding hydrogens is 492 g/mol. The van der Waals surface area contributed by atoms with Gasteiger partial charge in [0.05, 0.1) is 12.5 Å². The van der Waals surface area contributed by atoms with Crippen molar-refractivity contribution in [2.45, 2.75) is 51.2 Å². The molecule has 4 rings (SSSR count). The zero-order chi connectivity index (χ0) is 28.1. The summed E-state index contributed by atoms with van der Waals surface area (Å²) in [4.78, 5) is 47.1. The van der Waals surface area contributed by atoms with Gasteiger partial charge in [0.15, 0.2) is 0 Å². The number of carbonyl (C=O) groups is 3. The minimum atomic E-state index is -1.05. The fraction of sp³-hybridized carbons (Fsp3) is 0.355. The minimum absolute atomic E-state index is 0.0921. The summed E-state index contributed by atoms with van der Waals surface area (Å²) in [6.45, 7) is 4.45. The van der Waals surface area contributed by atoms with E-state index in [-0.39, 0.29) is 18.4 Å². The lowest BCUT2D eigenvalue weighted by molar-refractivity contribution is -0.145. The molecule has 1 saturated heterocycles. The van der Waals surface area contributed by atoms with Crippen LogP contribution in [0.5, 0.6) is 0 Å². The van der Waals surface area contributed by atoms with Crippen LogP contribution in [0.2, 0.25) is 0 Å².